The minimum absolute atomic E-state index is 0.142. The number of rotatable bonds is 4. The minimum Gasteiger partial charge on any atom is -0.375 e. The molecule has 4 N–H and O–H groups in total. The van der Waals surface area contributed by atoms with Gasteiger partial charge in [-0.3, -0.25) is 4.79 Å². The maximum Gasteiger partial charge on any atom is 0.180 e. The van der Waals surface area contributed by atoms with E-state index in [0.717, 1.165) is 21.1 Å². The highest BCUT2D eigenvalue weighted by atomic mass is 32.1. The maximum atomic E-state index is 12.6. The van der Waals surface area contributed by atoms with Crippen LogP contribution in [0.15, 0.2) is 0 Å². The molecule has 0 saturated heterocycles. The van der Waals surface area contributed by atoms with Crippen molar-refractivity contribution in [3.8, 4) is 0 Å². The number of thiazole rings is 2. The summed E-state index contributed by atoms with van der Waals surface area (Å²) in [5.41, 5.74) is 13.1. The first-order valence-corrected chi connectivity index (χ1v) is 7.93. The summed E-state index contributed by atoms with van der Waals surface area (Å²) in [5, 5.41) is 1.01. The zero-order chi connectivity index (χ0) is 15.0. The highest BCUT2D eigenvalue weighted by Crippen LogP contribution is 2.35. The summed E-state index contributed by atoms with van der Waals surface area (Å²) in [6, 6.07) is 0. The van der Waals surface area contributed by atoms with Crippen molar-refractivity contribution in [2.75, 3.05) is 11.5 Å². The average molecular weight is 310 g/mol. The van der Waals surface area contributed by atoms with E-state index in [0.29, 0.717) is 10.3 Å². The predicted molar refractivity (Wildman–Crippen MR) is 84.4 cm³/mol. The van der Waals surface area contributed by atoms with E-state index in [1.165, 1.54) is 22.7 Å². The standard InChI is InChI=1S/C13H18N4OS2/c1-5(10-7(3)16-12(14)19-10)9(18)6(2)11-8(4)17-13(15)20-11/h5-6H,1-4H3,(H2,14,16)(H2,15,17). The van der Waals surface area contributed by atoms with Gasteiger partial charge in [-0.05, 0) is 13.8 Å². The molecule has 0 saturated carbocycles. The third-order valence-corrected chi connectivity index (χ3v) is 5.68. The quantitative estimate of drug-likeness (QED) is 0.905. The molecule has 0 fully saturated rings. The third kappa shape index (κ3) is 2.69. The van der Waals surface area contributed by atoms with Crippen LogP contribution in [0.4, 0.5) is 10.3 Å². The van der Waals surface area contributed by atoms with Gasteiger partial charge in [0.1, 0.15) is 5.78 Å². The zero-order valence-corrected chi connectivity index (χ0v) is 13.6. The molecule has 0 spiro atoms. The summed E-state index contributed by atoms with van der Waals surface area (Å²) < 4.78 is 0. The van der Waals surface area contributed by atoms with Crippen LogP contribution in [0.3, 0.4) is 0 Å². The number of aryl methyl sites for hydroxylation is 2. The van der Waals surface area contributed by atoms with Gasteiger partial charge in [0.25, 0.3) is 0 Å². The van der Waals surface area contributed by atoms with Crippen LogP contribution in [0.5, 0.6) is 0 Å². The lowest BCUT2D eigenvalue weighted by atomic mass is 9.92. The second-order valence-electron chi connectivity index (χ2n) is 4.85. The van der Waals surface area contributed by atoms with Crippen molar-refractivity contribution in [2.24, 2.45) is 0 Å². The first-order valence-electron chi connectivity index (χ1n) is 6.30. The number of aromatic nitrogens is 2. The van der Waals surface area contributed by atoms with Crippen LogP contribution in [0.1, 0.15) is 46.8 Å². The van der Waals surface area contributed by atoms with E-state index in [4.69, 9.17) is 11.5 Å². The van der Waals surface area contributed by atoms with Gasteiger partial charge in [0.15, 0.2) is 10.3 Å². The molecule has 0 aliphatic heterocycles. The summed E-state index contributed by atoms with van der Waals surface area (Å²) in [6.07, 6.45) is 0. The molecule has 0 aromatic carbocycles. The number of nitrogens with zero attached hydrogens (tertiary/aromatic N) is 2. The van der Waals surface area contributed by atoms with Crippen molar-refractivity contribution in [1.82, 2.24) is 9.97 Å². The summed E-state index contributed by atoms with van der Waals surface area (Å²) in [4.78, 5) is 22.9. The van der Waals surface area contributed by atoms with Crippen LogP contribution in [-0.4, -0.2) is 15.8 Å². The Hall–Kier alpha value is -1.47. The fourth-order valence-corrected chi connectivity index (χ4v) is 4.08. The Morgan fingerprint density at radius 3 is 1.55 bits per heavy atom. The minimum atomic E-state index is -0.220. The van der Waals surface area contributed by atoms with E-state index in [9.17, 15) is 4.79 Å². The van der Waals surface area contributed by atoms with Gasteiger partial charge in [-0.2, -0.15) is 0 Å². The van der Waals surface area contributed by atoms with E-state index in [-0.39, 0.29) is 17.6 Å². The third-order valence-electron chi connectivity index (χ3n) is 3.34. The van der Waals surface area contributed by atoms with E-state index in [1.807, 2.05) is 27.7 Å². The highest BCUT2D eigenvalue weighted by molar-refractivity contribution is 7.16. The predicted octanol–water partition coefficient (Wildman–Crippen LogP) is 2.86. The lowest BCUT2D eigenvalue weighted by Crippen LogP contribution is -2.16. The number of Topliss-reactive ketones (excluding diaryl/α,β-unsaturated/α-hetero) is 1. The topological polar surface area (TPSA) is 94.9 Å². The first-order chi connectivity index (χ1) is 9.31. The summed E-state index contributed by atoms with van der Waals surface area (Å²) in [7, 11) is 0. The number of anilines is 2. The molecule has 0 aliphatic carbocycles. The van der Waals surface area contributed by atoms with Crippen LogP contribution >= 0.6 is 22.7 Å². The SMILES string of the molecule is Cc1nc(N)sc1C(C)C(=O)C(C)c1sc(N)nc1C. The van der Waals surface area contributed by atoms with Crippen molar-refractivity contribution >= 4 is 38.7 Å². The van der Waals surface area contributed by atoms with Crippen molar-refractivity contribution in [3.05, 3.63) is 21.1 Å². The maximum absolute atomic E-state index is 12.6. The average Bonchev–Trinajstić information content (AvgIpc) is 2.88. The van der Waals surface area contributed by atoms with E-state index >= 15 is 0 Å². The zero-order valence-electron chi connectivity index (χ0n) is 11.9. The summed E-state index contributed by atoms with van der Waals surface area (Å²) >= 11 is 2.76. The molecule has 2 aromatic rings. The van der Waals surface area contributed by atoms with Gasteiger partial charge < -0.3 is 11.5 Å². The van der Waals surface area contributed by atoms with E-state index in [2.05, 4.69) is 9.97 Å². The molecule has 2 heterocycles. The highest BCUT2D eigenvalue weighted by Gasteiger charge is 2.28. The Balaban J connectivity index is 2.27. The molecule has 0 radical (unpaired) electrons. The van der Waals surface area contributed by atoms with Crippen LogP contribution < -0.4 is 11.5 Å². The Labute approximate surface area is 126 Å². The molecule has 2 unspecified atom stereocenters. The first kappa shape index (κ1) is 14.9. The number of nitrogen functional groups attached to an aromatic ring is 2. The van der Waals surface area contributed by atoms with Crippen LogP contribution in [0.25, 0.3) is 0 Å². The molecular formula is C13H18N4OS2. The molecule has 7 heteroatoms. The largest absolute Gasteiger partial charge is 0.375 e. The van der Waals surface area contributed by atoms with Gasteiger partial charge in [0.05, 0.1) is 23.2 Å². The Kier molecular flexibility index (Phi) is 4.10. The number of hydrogen-bond donors (Lipinski definition) is 2. The lowest BCUT2D eigenvalue weighted by molar-refractivity contribution is -0.121. The molecule has 2 rings (SSSR count). The molecule has 2 atom stereocenters. The van der Waals surface area contributed by atoms with Crippen molar-refractivity contribution in [1.29, 1.82) is 0 Å². The van der Waals surface area contributed by atoms with Gasteiger partial charge in [0.2, 0.25) is 0 Å². The van der Waals surface area contributed by atoms with Gasteiger partial charge >= 0.3 is 0 Å². The molecule has 5 nitrogen and oxygen atoms in total. The Bertz CT molecular complexity index is 593. The molecule has 0 amide bonds. The van der Waals surface area contributed by atoms with Crippen LogP contribution in [-0.2, 0) is 4.79 Å². The smallest absolute Gasteiger partial charge is 0.180 e. The van der Waals surface area contributed by atoms with E-state index in [1.54, 1.807) is 0 Å². The van der Waals surface area contributed by atoms with Gasteiger partial charge in [-0.15, -0.1) is 22.7 Å². The number of nitrogens with two attached hydrogens (primary N) is 2. The van der Waals surface area contributed by atoms with Gasteiger partial charge in [0, 0.05) is 9.75 Å². The number of carbonyl (C=O) groups is 1. The molecule has 2 aromatic heterocycles. The molecular weight excluding hydrogens is 292 g/mol. The lowest BCUT2D eigenvalue weighted by Gasteiger charge is -2.15. The molecule has 20 heavy (non-hydrogen) atoms. The van der Waals surface area contributed by atoms with Crippen molar-refractivity contribution < 1.29 is 4.79 Å². The van der Waals surface area contributed by atoms with Gasteiger partial charge in [-0.25, -0.2) is 9.97 Å². The fraction of sp³-hybridized carbons (Fsp3) is 0.462. The second kappa shape index (κ2) is 5.49. The number of ketones is 1. The second-order valence-corrected chi connectivity index (χ2v) is 6.97. The number of hydrogen-bond acceptors (Lipinski definition) is 7. The molecule has 108 valence electrons. The summed E-state index contributed by atoms with van der Waals surface area (Å²) in [5.74, 6) is -0.298. The fourth-order valence-electron chi connectivity index (χ4n) is 2.30. The monoisotopic (exact) mass is 310 g/mol. The summed E-state index contributed by atoms with van der Waals surface area (Å²) in [6.45, 7) is 7.57. The normalized spacial score (nSPS) is 14.2. The molecule has 0 bridgehead atoms. The number of carbonyl (C=O) groups excluding carboxylic acids is 1. The van der Waals surface area contributed by atoms with Crippen LogP contribution in [0.2, 0.25) is 0 Å². The molecule has 0 aliphatic rings. The van der Waals surface area contributed by atoms with Gasteiger partial charge in [-0.1, -0.05) is 13.8 Å². The Morgan fingerprint density at radius 2 is 1.30 bits per heavy atom. The Morgan fingerprint density at radius 1 is 0.950 bits per heavy atom. The van der Waals surface area contributed by atoms with Crippen molar-refractivity contribution in [3.63, 3.8) is 0 Å². The van der Waals surface area contributed by atoms with Crippen molar-refractivity contribution in [2.45, 2.75) is 39.5 Å². The van der Waals surface area contributed by atoms with Crippen LogP contribution in [0, 0.1) is 13.8 Å². The van der Waals surface area contributed by atoms with E-state index < -0.39 is 0 Å².